The molecule has 198 valence electrons. The predicted octanol–water partition coefficient (Wildman–Crippen LogP) is 5.73. The van der Waals surface area contributed by atoms with Crippen LogP contribution in [-0.2, 0) is 20.8 Å². The number of imide groups is 1. The molecular formula is C32H24N2O6. The molecule has 1 aliphatic carbocycles. The van der Waals surface area contributed by atoms with Crippen molar-refractivity contribution in [3.05, 3.63) is 125 Å². The Balaban J connectivity index is 0.993. The third kappa shape index (κ3) is 4.71. The molecule has 0 radical (unpaired) electrons. The molecule has 40 heavy (non-hydrogen) atoms. The first-order chi connectivity index (χ1) is 19.5. The van der Waals surface area contributed by atoms with Crippen molar-refractivity contribution < 1.29 is 28.8 Å². The highest BCUT2D eigenvalue weighted by atomic mass is 16.7. The van der Waals surface area contributed by atoms with Gasteiger partial charge in [-0.1, -0.05) is 77.9 Å². The topological polar surface area (TPSA) is 102 Å². The van der Waals surface area contributed by atoms with Crippen LogP contribution in [0.5, 0.6) is 0 Å². The van der Waals surface area contributed by atoms with E-state index in [0.717, 1.165) is 27.8 Å². The highest BCUT2D eigenvalue weighted by Crippen LogP contribution is 2.44. The molecule has 0 bridgehead atoms. The van der Waals surface area contributed by atoms with Crippen LogP contribution in [0, 0.1) is 0 Å². The molecule has 8 nitrogen and oxygen atoms in total. The molecule has 4 aromatic rings. The maximum atomic E-state index is 12.5. The molecule has 0 aromatic heterocycles. The third-order valence-corrected chi connectivity index (χ3v) is 7.11. The van der Waals surface area contributed by atoms with Gasteiger partial charge in [0.15, 0.2) is 0 Å². The summed E-state index contributed by atoms with van der Waals surface area (Å²) in [6.07, 6.45) is -0.265. The molecular weight excluding hydrogens is 508 g/mol. The van der Waals surface area contributed by atoms with Gasteiger partial charge in [-0.3, -0.25) is 14.9 Å². The summed E-state index contributed by atoms with van der Waals surface area (Å²) < 4.78 is 5.59. The lowest BCUT2D eigenvalue weighted by Crippen LogP contribution is -2.32. The zero-order chi connectivity index (χ0) is 27.6. The van der Waals surface area contributed by atoms with Gasteiger partial charge in [-0.25, -0.2) is 9.59 Å². The number of nitrogens with zero attached hydrogens (tertiary/aromatic N) is 1. The average Bonchev–Trinajstić information content (AvgIpc) is 3.43. The lowest BCUT2D eigenvalue weighted by molar-refractivity contribution is -0.168. The van der Waals surface area contributed by atoms with E-state index in [9.17, 15) is 19.2 Å². The molecule has 3 amide bonds. The second-order valence-corrected chi connectivity index (χ2v) is 9.56. The number of carbonyl (C=O) groups is 4. The number of nitrogens with one attached hydrogen (secondary N) is 1. The smallest absolute Gasteiger partial charge is 0.411 e. The summed E-state index contributed by atoms with van der Waals surface area (Å²) in [6.45, 7) is 0.215. The summed E-state index contributed by atoms with van der Waals surface area (Å²) in [6, 6.07) is 29.6. The summed E-state index contributed by atoms with van der Waals surface area (Å²) in [7, 11) is 0. The van der Waals surface area contributed by atoms with Gasteiger partial charge >= 0.3 is 12.1 Å². The van der Waals surface area contributed by atoms with Crippen molar-refractivity contribution in [1.29, 1.82) is 0 Å². The molecule has 0 saturated heterocycles. The van der Waals surface area contributed by atoms with E-state index in [-0.39, 0.29) is 30.1 Å². The Morgan fingerprint density at radius 3 is 1.80 bits per heavy atom. The van der Waals surface area contributed by atoms with E-state index in [1.807, 2.05) is 24.3 Å². The zero-order valence-corrected chi connectivity index (χ0v) is 21.3. The van der Waals surface area contributed by atoms with Gasteiger partial charge in [0.05, 0.1) is 17.5 Å². The second kappa shape index (κ2) is 10.5. The molecule has 0 spiro atoms. The van der Waals surface area contributed by atoms with Crippen molar-refractivity contribution in [3.63, 3.8) is 0 Å². The van der Waals surface area contributed by atoms with Crippen molar-refractivity contribution in [2.75, 3.05) is 11.9 Å². The van der Waals surface area contributed by atoms with Gasteiger partial charge in [0, 0.05) is 11.6 Å². The van der Waals surface area contributed by atoms with E-state index >= 15 is 0 Å². The molecule has 6 rings (SSSR count). The fourth-order valence-corrected chi connectivity index (χ4v) is 5.15. The molecule has 1 heterocycles. The Morgan fingerprint density at radius 1 is 0.700 bits per heavy atom. The van der Waals surface area contributed by atoms with Crippen molar-refractivity contribution >= 4 is 29.6 Å². The number of aryl methyl sites for hydroxylation is 1. The number of hydrogen-bond acceptors (Lipinski definition) is 6. The van der Waals surface area contributed by atoms with Gasteiger partial charge in [0.1, 0.15) is 6.61 Å². The highest BCUT2D eigenvalue weighted by Gasteiger charge is 2.38. The van der Waals surface area contributed by atoms with Crippen LogP contribution in [0.2, 0.25) is 0 Å². The fourth-order valence-electron chi connectivity index (χ4n) is 5.15. The van der Waals surface area contributed by atoms with Crippen molar-refractivity contribution in [1.82, 2.24) is 5.06 Å². The number of hydrogen-bond donors (Lipinski definition) is 1. The van der Waals surface area contributed by atoms with Crippen LogP contribution in [0.3, 0.4) is 0 Å². The number of fused-ring (bicyclic) bond motifs is 4. The summed E-state index contributed by atoms with van der Waals surface area (Å²) in [5.74, 6) is -2.04. The van der Waals surface area contributed by atoms with E-state index in [2.05, 4.69) is 29.6 Å². The molecule has 4 aromatic carbocycles. The van der Waals surface area contributed by atoms with Crippen LogP contribution >= 0.6 is 0 Å². The van der Waals surface area contributed by atoms with E-state index in [1.165, 1.54) is 12.1 Å². The van der Waals surface area contributed by atoms with Gasteiger partial charge in [-0.15, -0.1) is 0 Å². The van der Waals surface area contributed by atoms with Crippen LogP contribution in [0.4, 0.5) is 10.5 Å². The normalized spacial score (nSPS) is 13.4. The third-order valence-electron chi connectivity index (χ3n) is 7.11. The van der Waals surface area contributed by atoms with Crippen LogP contribution in [0.1, 0.15) is 49.7 Å². The van der Waals surface area contributed by atoms with Gasteiger partial charge in [0.25, 0.3) is 11.8 Å². The van der Waals surface area contributed by atoms with Gasteiger partial charge in [0.2, 0.25) is 0 Å². The lowest BCUT2D eigenvalue weighted by atomic mass is 9.98. The number of benzene rings is 4. The minimum absolute atomic E-state index is 0.0272. The largest absolute Gasteiger partial charge is 0.448 e. The fraction of sp³-hybridized carbons (Fsp3) is 0.125. The van der Waals surface area contributed by atoms with Crippen LogP contribution in [-0.4, -0.2) is 35.5 Å². The minimum atomic E-state index is -0.699. The Bertz CT molecular complexity index is 1560. The highest BCUT2D eigenvalue weighted by molar-refractivity contribution is 6.20. The first-order valence-electron chi connectivity index (χ1n) is 12.9. The van der Waals surface area contributed by atoms with Crippen molar-refractivity contribution in [2.24, 2.45) is 0 Å². The average molecular weight is 533 g/mol. The molecule has 1 aliphatic heterocycles. The standard InChI is InChI=1S/C32H24N2O6/c35-29(40-34-30(36)26-11-5-6-12-27(26)31(34)37)18-15-20-13-16-21(17-14-20)33-32(38)39-19-28-24-9-3-1-7-22(24)23-8-2-4-10-25(23)28/h1-14,16-17,28H,15,18-19H2,(H,33,38). The Labute approximate surface area is 230 Å². The summed E-state index contributed by atoms with van der Waals surface area (Å²) in [5, 5.41) is 3.25. The van der Waals surface area contributed by atoms with Gasteiger partial charge in [-0.05, 0) is 58.5 Å². The number of rotatable bonds is 7. The van der Waals surface area contributed by atoms with Crippen molar-refractivity contribution in [3.8, 4) is 11.1 Å². The van der Waals surface area contributed by atoms with E-state index in [4.69, 9.17) is 9.57 Å². The number of anilines is 1. The first kappa shape index (κ1) is 25.1. The quantitative estimate of drug-likeness (QED) is 0.305. The summed E-state index contributed by atoms with van der Waals surface area (Å²) in [5.41, 5.74) is 6.39. The Hall–Kier alpha value is -5.24. The molecule has 0 saturated carbocycles. The minimum Gasteiger partial charge on any atom is -0.448 e. The first-order valence-corrected chi connectivity index (χ1v) is 12.9. The lowest BCUT2D eigenvalue weighted by Gasteiger charge is -2.15. The van der Waals surface area contributed by atoms with Gasteiger partial charge < -0.3 is 9.57 Å². The van der Waals surface area contributed by atoms with Gasteiger partial charge in [-0.2, -0.15) is 0 Å². The number of ether oxygens (including phenoxy) is 1. The Kier molecular flexibility index (Phi) is 6.57. The summed E-state index contributed by atoms with van der Waals surface area (Å²) >= 11 is 0. The molecule has 2 aliphatic rings. The zero-order valence-electron chi connectivity index (χ0n) is 21.3. The maximum absolute atomic E-state index is 12.5. The number of amides is 3. The maximum Gasteiger partial charge on any atom is 0.411 e. The molecule has 0 atom stereocenters. The Morgan fingerprint density at radius 2 is 1.23 bits per heavy atom. The van der Waals surface area contributed by atoms with E-state index < -0.39 is 23.9 Å². The summed E-state index contributed by atoms with van der Waals surface area (Å²) in [4.78, 5) is 54.6. The molecule has 0 unspecified atom stereocenters. The SMILES string of the molecule is O=C(CCc1ccc(NC(=O)OCC2c3ccccc3-c3ccccc32)cc1)ON1C(=O)c2ccccc2C1=O. The molecule has 1 N–H and O–H groups in total. The van der Waals surface area contributed by atoms with Crippen LogP contribution < -0.4 is 5.32 Å². The van der Waals surface area contributed by atoms with Crippen LogP contribution in [0.25, 0.3) is 11.1 Å². The van der Waals surface area contributed by atoms with E-state index in [1.54, 1.807) is 36.4 Å². The molecule has 8 heteroatoms. The van der Waals surface area contributed by atoms with E-state index in [0.29, 0.717) is 17.2 Å². The van der Waals surface area contributed by atoms with Crippen molar-refractivity contribution in [2.45, 2.75) is 18.8 Å². The number of carbonyl (C=O) groups excluding carboxylic acids is 4. The number of hydroxylamine groups is 2. The van der Waals surface area contributed by atoms with Crippen LogP contribution in [0.15, 0.2) is 97.1 Å². The second-order valence-electron chi connectivity index (χ2n) is 9.56. The predicted molar refractivity (Wildman–Crippen MR) is 146 cm³/mol. The molecule has 0 fully saturated rings. The monoisotopic (exact) mass is 532 g/mol.